The molecular weight excluding hydrogens is 272 g/mol. The molecule has 3 heteroatoms. The van der Waals surface area contributed by atoms with Gasteiger partial charge in [0.25, 0.3) is 0 Å². The minimum atomic E-state index is 0.982. The Morgan fingerprint density at radius 2 is 1.45 bits per heavy atom. The van der Waals surface area contributed by atoms with Gasteiger partial charge in [0.1, 0.15) is 0 Å². The molecule has 0 fully saturated rings. The Hall–Kier alpha value is -0.930. The van der Waals surface area contributed by atoms with Crippen molar-refractivity contribution >= 4 is 0 Å². The Morgan fingerprint density at radius 3 is 2.00 bits per heavy atom. The minimum absolute atomic E-state index is 0.982. The van der Waals surface area contributed by atoms with Gasteiger partial charge in [-0.2, -0.15) is 0 Å². The predicted molar refractivity (Wildman–Crippen MR) is 93.7 cm³/mol. The fourth-order valence-electron chi connectivity index (χ4n) is 2.77. The quantitative estimate of drug-likeness (QED) is 0.363. The molecule has 0 aliphatic carbocycles. The van der Waals surface area contributed by atoms with Crippen LogP contribution in [0.3, 0.4) is 0 Å². The number of hydroxylamine groups is 1. The van der Waals surface area contributed by atoms with E-state index in [1.54, 1.807) is 7.11 Å². The molecule has 1 aromatic heterocycles. The van der Waals surface area contributed by atoms with Gasteiger partial charge in [-0.15, -0.1) is 0 Å². The van der Waals surface area contributed by atoms with Crippen LogP contribution in [-0.2, 0) is 11.3 Å². The lowest BCUT2D eigenvalue weighted by molar-refractivity contribution is 0.0904. The van der Waals surface area contributed by atoms with Gasteiger partial charge in [0.15, 0.2) is 0 Å². The molecule has 22 heavy (non-hydrogen) atoms. The topological polar surface area (TPSA) is 34.1 Å². The van der Waals surface area contributed by atoms with Crippen LogP contribution in [0.2, 0.25) is 0 Å². The second-order valence-electron chi connectivity index (χ2n) is 6.10. The van der Waals surface area contributed by atoms with Gasteiger partial charge in [-0.3, -0.25) is 4.98 Å². The number of hydrogen-bond acceptors (Lipinski definition) is 3. The van der Waals surface area contributed by atoms with E-state index in [0.717, 1.165) is 6.54 Å². The van der Waals surface area contributed by atoms with Crippen molar-refractivity contribution in [2.75, 3.05) is 13.7 Å². The van der Waals surface area contributed by atoms with Crippen LogP contribution in [0.5, 0.6) is 0 Å². The van der Waals surface area contributed by atoms with Gasteiger partial charge >= 0.3 is 0 Å². The number of nitrogens with zero attached hydrogens (tertiary/aromatic N) is 1. The fraction of sp³-hybridized carbons (Fsp3) is 0.737. The highest BCUT2D eigenvalue weighted by molar-refractivity contribution is 5.08. The van der Waals surface area contributed by atoms with E-state index >= 15 is 0 Å². The summed E-state index contributed by atoms with van der Waals surface area (Å²) < 4.78 is 0. The summed E-state index contributed by atoms with van der Waals surface area (Å²) in [6, 6.07) is 4.21. The van der Waals surface area contributed by atoms with Crippen molar-refractivity contribution in [1.29, 1.82) is 0 Å². The van der Waals surface area contributed by atoms with E-state index in [0.29, 0.717) is 0 Å². The van der Waals surface area contributed by atoms with E-state index in [4.69, 9.17) is 4.84 Å². The van der Waals surface area contributed by atoms with Crippen LogP contribution in [0, 0.1) is 0 Å². The number of aromatic nitrogens is 1. The molecule has 1 heterocycles. The molecule has 1 N–H and O–H groups in total. The van der Waals surface area contributed by atoms with Crippen LogP contribution < -0.4 is 5.48 Å². The average molecular weight is 306 g/mol. The molecular formula is C19H34N2O. The third-order valence-electron chi connectivity index (χ3n) is 4.11. The first-order chi connectivity index (χ1) is 10.9. The highest BCUT2D eigenvalue weighted by Gasteiger charge is 1.95. The van der Waals surface area contributed by atoms with Crippen molar-refractivity contribution in [3.63, 3.8) is 0 Å². The van der Waals surface area contributed by atoms with Crippen molar-refractivity contribution in [2.45, 2.75) is 77.0 Å². The van der Waals surface area contributed by atoms with E-state index in [9.17, 15) is 0 Å². The fourth-order valence-corrected chi connectivity index (χ4v) is 2.77. The molecule has 0 atom stereocenters. The first-order valence-corrected chi connectivity index (χ1v) is 9.08. The highest BCUT2D eigenvalue weighted by Crippen LogP contribution is 2.12. The third-order valence-corrected chi connectivity index (χ3v) is 4.11. The van der Waals surface area contributed by atoms with Crippen molar-refractivity contribution in [1.82, 2.24) is 10.5 Å². The zero-order chi connectivity index (χ0) is 15.7. The van der Waals surface area contributed by atoms with Crippen LogP contribution in [0.25, 0.3) is 0 Å². The molecule has 0 aliphatic rings. The second kappa shape index (κ2) is 15.0. The molecule has 0 aliphatic heterocycles. The molecule has 0 saturated heterocycles. The largest absolute Gasteiger partial charge is 0.305 e. The lowest BCUT2D eigenvalue weighted by Crippen LogP contribution is -2.12. The van der Waals surface area contributed by atoms with Crippen LogP contribution in [0.4, 0.5) is 0 Å². The van der Waals surface area contributed by atoms with Crippen LogP contribution in [0.15, 0.2) is 24.5 Å². The zero-order valence-corrected chi connectivity index (χ0v) is 14.4. The summed E-state index contributed by atoms with van der Waals surface area (Å²) in [4.78, 5) is 8.97. The lowest BCUT2D eigenvalue weighted by Gasteiger charge is -2.04. The maximum Gasteiger partial charge on any atom is 0.0572 e. The molecule has 0 amide bonds. The first-order valence-electron chi connectivity index (χ1n) is 9.08. The Balaban J connectivity index is 1.73. The molecule has 1 aromatic rings. The van der Waals surface area contributed by atoms with E-state index in [1.807, 2.05) is 18.5 Å². The van der Waals surface area contributed by atoms with Gasteiger partial charge in [0.05, 0.1) is 7.11 Å². The molecule has 0 unspecified atom stereocenters. The van der Waals surface area contributed by atoms with Crippen LogP contribution >= 0.6 is 0 Å². The molecule has 0 radical (unpaired) electrons. The van der Waals surface area contributed by atoms with E-state index in [2.05, 4.69) is 16.5 Å². The summed E-state index contributed by atoms with van der Waals surface area (Å²) in [6.07, 6.45) is 20.1. The smallest absolute Gasteiger partial charge is 0.0572 e. The van der Waals surface area contributed by atoms with Gasteiger partial charge < -0.3 is 4.84 Å². The van der Waals surface area contributed by atoms with Crippen molar-refractivity contribution in [3.05, 3.63) is 30.1 Å². The summed E-state index contributed by atoms with van der Waals surface area (Å²) in [7, 11) is 1.68. The zero-order valence-electron chi connectivity index (χ0n) is 14.4. The maximum absolute atomic E-state index is 4.81. The second-order valence-corrected chi connectivity index (χ2v) is 6.10. The summed E-state index contributed by atoms with van der Waals surface area (Å²) in [6.45, 7) is 0.982. The number of hydrogen-bond donors (Lipinski definition) is 1. The minimum Gasteiger partial charge on any atom is -0.305 e. The Morgan fingerprint density at radius 1 is 0.864 bits per heavy atom. The van der Waals surface area contributed by atoms with Crippen LogP contribution in [0.1, 0.15) is 76.2 Å². The highest BCUT2D eigenvalue weighted by atomic mass is 16.6. The molecule has 3 nitrogen and oxygen atoms in total. The monoisotopic (exact) mass is 306 g/mol. The standard InChI is InChI=1S/C19H34N2O/c1-22-21-17-12-10-8-6-4-2-3-5-7-9-11-14-19-15-13-16-20-18-19/h13,15-16,18,21H,2-12,14,17H2,1H3. The van der Waals surface area contributed by atoms with Gasteiger partial charge in [0, 0.05) is 18.9 Å². The first kappa shape index (κ1) is 19.1. The summed E-state index contributed by atoms with van der Waals surface area (Å²) in [5.41, 5.74) is 4.27. The van der Waals surface area contributed by atoms with Crippen molar-refractivity contribution in [2.24, 2.45) is 0 Å². The Bertz CT molecular complexity index is 329. The van der Waals surface area contributed by atoms with Gasteiger partial charge in [-0.1, -0.05) is 63.9 Å². The molecule has 126 valence electrons. The van der Waals surface area contributed by atoms with Gasteiger partial charge in [-0.25, -0.2) is 5.48 Å². The molecule has 0 bridgehead atoms. The van der Waals surface area contributed by atoms with Crippen LogP contribution in [-0.4, -0.2) is 18.6 Å². The number of rotatable bonds is 15. The van der Waals surface area contributed by atoms with Gasteiger partial charge in [-0.05, 0) is 30.9 Å². The summed E-state index contributed by atoms with van der Waals surface area (Å²) >= 11 is 0. The normalized spacial score (nSPS) is 11.0. The maximum atomic E-state index is 4.81. The number of nitrogens with one attached hydrogen (secondary N) is 1. The summed E-state index contributed by atoms with van der Waals surface area (Å²) in [5.74, 6) is 0. The molecule has 1 rings (SSSR count). The summed E-state index contributed by atoms with van der Waals surface area (Å²) in [5, 5.41) is 0. The molecule has 0 saturated carbocycles. The Labute approximate surface area is 136 Å². The lowest BCUT2D eigenvalue weighted by atomic mass is 10.0. The van der Waals surface area contributed by atoms with Crippen molar-refractivity contribution < 1.29 is 4.84 Å². The molecule has 0 spiro atoms. The van der Waals surface area contributed by atoms with E-state index in [-0.39, 0.29) is 0 Å². The molecule has 0 aromatic carbocycles. The van der Waals surface area contributed by atoms with E-state index < -0.39 is 0 Å². The predicted octanol–water partition coefficient (Wildman–Crippen LogP) is 5.07. The SMILES string of the molecule is CONCCCCCCCCCCCCCc1cccnc1. The van der Waals surface area contributed by atoms with Crippen molar-refractivity contribution in [3.8, 4) is 0 Å². The third kappa shape index (κ3) is 11.7. The van der Waals surface area contributed by atoms with Gasteiger partial charge in [0.2, 0.25) is 0 Å². The Kier molecular flexibility index (Phi) is 13.0. The number of unbranched alkanes of at least 4 members (excludes halogenated alkanes) is 10. The van der Waals surface area contributed by atoms with E-state index in [1.165, 1.54) is 82.6 Å². The average Bonchev–Trinajstić information content (AvgIpc) is 2.56. The number of aryl methyl sites for hydroxylation is 1. The number of pyridine rings is 1.